The number of hydrogen-bond acceptors (Lipinski definition) is 6. The van der Waals surface area contributed by atoms with Crippen molar-refractivity contribution in [2.75, 3.05) is 18.4 Å². The first-order valence-corrected chi connectivity index (χ1v) is 12.8. The molecule has 1 fully saturated rings. The second-order valence-corrected chi connectivity index (χ2v) is 10.6. The van der Waals surface area contributed by atoms with Gasteiger partial charge in [-0.25, -0.2) is 13.2 Å². The summed E-state index contributed by atoms with van der Waals surface area (Å²) in [6.45, 7) is 5.94. The number of piperidine rings is 1. The molecule has 0 radical (unpaired) electrons. The van der Waals surface area contributed by atoms with Gasteiger partial charge in [-0.05, 0) is 62.2 Å². The van der Waals surface area contributed by atoms with E-state index in [2.05, 4.69) is 5.32 Å². The maximum absolute atomic E-state index is 12.9. The van der Waals surface area contributed by atoms with Crippen molar-refractivity contribution in [2.24, 2.45) is 5.92 Å². The van der Waals surface area contributed by atoms with Crippen LogP contribution < -0.4 is 5.32 Å². The van der Waals surface area contributed by atoms with Crippen LogP contribution in [0.25, 0.3) is 0 Å². The zero-order chi connectivity index (χ0) is 24.9. The van der Waals surface area contributed by atoms with Crippen molar-refractivity contribution >= 4 is 33.4 Å². The lowest BCUT2D eigenvalue weighted by Gasteiger charge is -2.26. The number of hydrogen-bond donors (Lipinski definition) is 1. The topological polar surface area (TPSA) is 110 Å². The maximum Gasteiger partial charge on any atom is 0.338 e. The van der Waals surface area contributed by atoms with Crippen LogP contribution in [0.15, 0.2) is 53.4 Å². The quantitative estimate of drug-likeness (QED) is 0.448. The summed E-state index contributed by atoms with van der Waals surface area (Å²) in [4.78, 5) is 37.2. The van der Waals surface area contributed by atoms with E-state index in [1.165, 1.54) is 35.5 Å². The molecule has 1 saturated heterocycles. The van der Waals surface area contributed by atoms with Gasteiger partial charge in [-0.1, -0.05) is 26.3 Å². The Hall–Kier alpha value is -3.04. The van der Waals surface area contributed by atoms with Crippen LogP contribution in [0, 0.1) is 5.92 Å². The first kappa shape index (κ1) is 25.6. The molecule has 2 aromatic rings. The van der Waals surface area contributed by atoms with Crippen LogP contribution in [0.3, 0.4) is 0 Å². The molecule has 1 aliphatic heterocycles. The van der Waals surface area contributed by atoms with E-state index in [4.69, 9.17) is 4.74 Å². The van der Waals surface area contributed by atoms with Crippen LogP contribution in [0.2, 0.25) is 0 Å². The number of sulfonamides is 1. The Balaban J connectivity index is 1.66. The van der Waals surface area contributed by atoms with E-state index < -0.39 is 27.9 Å². The lowest BCUT2D eigenvalue weighted by Crippen LogP contribution is -2.35. The van der Waals surface area contributed by atoms with E-state index in [9.17, 15) is 22.8 Å². The number of rotatable bonds is 8. The largest absolute Gasteiger partial charge is 0.451 e. The number of anilines is 1. The third-order valence-electron chi connectivity index (χ3n) is 5.64. The van der Waals surface area contributed by atoms with Gasteiger partial charge in [0.1, 0.15) is 0 Å². The van der Waals surface area contributed by atoms with Gasteiger partial charge in [0.2, 0.25) is 21.7 Å². The summed E-state index contributed by atoms with van der Waals surface area (Å²) in [6.07, 6.45) is 1.54. The number of Topliss-reactive ketones (excluding diaryl/α,β-unsaturated/α-hetero) is 1. The Morgan fingerprint density at radius 2 is 1.56 bits per heavy atom. The molecule has 9 heteroatoms. The fourth-order valence-electron chi connectivity index (χ4n) is 3.56. The van der Waals surface area contributed by atoms with Gasteiger partial charge in [-0.15, -0.1) is 0 Å². The van der Waals surface area contributed by atoms with Gasteiger partial charge >= 0.3 is 5.97 Å². The Morgan fingerprint density at radius 3 is 2.18 bits per heavy atom. The van der Waals surface area contributed by atoms with Gasteiger partial charge in [0.15, 0.2) is 6.10 Å². The average Bonchev–Trinajstić information content (AvgIpc) is 2.84. The van der Waals surface area contributed by atoms with E-state index >= 15 is 0 Å². The monoisotopic (exact) mass is 486 g/mol. The van der Waals surface area contributed by atoms with E-state index in [-0.39, 0.29) is 22.3 Å². The minimum Gasteiger partial charge on any atom is -0.451 e. The second-order valence-electron chi connectivity index (χ2n) is 8.63. The summed E-state index contributed by atoms with van der Waals surface area (Å²) in [6, 6.07) is 12.0. The molecule has 0 saturated carbocycles. The van der Waals surface area contributed by atoms with Crippen LogP contribution in [0.4, 0.5) is 5.69 Å². The molecule has 1 amide bonds. The SMILES string of the molecule is CC(C)C(=O)Nc1ccc(C(=O)C(C)OC(=O)c2cccc(S(=O)(=O)N3CCCCC3)c2)cc1. The molecule has 3 rings (SSSR count). The molecule has 0 spiro atoms. The summed E-state index contributed by atoms with van der Waals surface area (Å²) in [7, 11) is -3.70. The third-order valence-corrected chi connectivity index (χ3v) is 7.53. The molecule has 1 unspecified atom stereocenters. The maximum atomic E-state index is 12.9. The van der Waals surface area contributed by atoms with Crippen molar-refractivity contribution in [3.8, 4) is 0 Å². The zero-order valence-corrected chi connectivity index (χ0v) is 20.4. The van der Waals surface area contributed by atoms with Crippen molar-refractivity contribution in [3.63, 3.8) is 0 Å². The number of nitrogens with zero attached hydrogens (tertiary/aromatic N) is 1. The number of ether oxygens (including phenoxy) is 1. The second kappa shape index (κ2) is 10.9. The Morgan fingerprint density at radius 1 is 0.912 bits per heavy atom. The molecule has 8 nitrogen and oxygen atoms in total. The number of carbonyl (C=O) groups excluding carboxylic acids is 3. The van der Waals surface area contributed by atoms with Crippen molar-refractivity contribution in [3.05, 3.63) is 59.7 Å². The highest BCUT2D eigenvalue weighted by Crippen LogP contribution is 2.22. The molecular formula is C25H30N2O6S. The van der Waals surface area contributed by atoms with Gasteiger partial charge in [0, 0.05) is 30.3 Å². The van der Waals surface area contributed by atoms with Crippen LogP contribution in [-0.4, -0.2) is 49.6 Å². The minimum absolute atomic E-state index is 0.0295. The van der Waals surface area contributed by atoms with Crippen LogP contribution >= 0.6 is 0 Å². The predicted molar refractivity (Wildman–Crippen MR) is 128 cm³/mol. The van der Waals surface area contributed by atoms with Crippen molar-refractivity contribution < 1.29 is 27.5 Å². The highest BCUT2D eigenvalue weighted by Gasteiger charge is 2.27. The van der Waals surface area contributed by atoms with Crippen LogP contribution in [0.1, 0.15) is 60.7 Å². The first-order valence-electron chi connectivity index (χ1n) is 11.4. The standard InChI is InChI=1S/C25H30N2O6S/c1-17(2)24(29)26-21-12-10-19(11-13-21)23(28)18(3)33-25(30)20-8-7-9-22(16-20)34(31,32)27-14-5-4-6-15-27/h7-13,16-18H,4-6,14-15H2,1-3H3,(H,26,29). The third kappa shape index (κ3) is 6.09. The van der Waals surface area contributed by atoms with Gasteiger partial charge in [0.05, 0.1) is 10.5 Å². The fourth-order valence-corrected chi connectivity index (χ4v) is 5.12. The highest BCUT2D eigenvalue weighted by atomic mass is 32.2. The van der Waals surface area contributed by atoms with Crippen LogP contribution in [-0.2, 0) is 19.6 Å². The van der Waals surface area contributed by atoms with Crippen LogP contribution in [0.5, 0.6) is 0 Å². The molecule has 182 valence electrons. The number of carbonyl (C=O) groups is 3. The zero-order valence-electron chi connectivity index (χ0n) is 19.6. The minimum atomic E-state index is -3.70. The molecule has 34 heavy (non-hydrogen) atoms. The Labute approximate surface area is 200 Å². The molecule has 0 aliphatic carbocycles. The molecule has 1 atom stereocenters. The predicted octanol–water partition coefficient (Wildman–Crippen LogP) is 3.88. The summed E-state index contributed by atoms with van der Waals surface area (Å²) in [5.41, 5.74) is 0.945. The molecule has 1 aliphatic rings. The molecule has 0 bridgehead atoms. The fraction of sp³-hybridized carbons (Fsp3) is 0.400. The number of nitrogens with one attached hydrogen (secondary N) is 1. The van der Waals surface area contributed by atoms with Crippen molar-refractivity contribution in [2.45, 2.75) is 51.0 Å². The number of benzene rings is 2. The average molecular weight is 487 g/mol. The van der Waals surface area contributed by atoms with E-state index in [0.29, 0.717) is 24.3 Å². The highest BCUT2D eigenvalue weighted by molar-refractivity contribution is 7.89. The molecule has 0 aromatic heterocycles. The summed E-state index contributed by atoms with van der Waals surface area (Å²) >= 11 is 0. The van der Waals surface area contributed by atoms with Crippen molar-refractivity contribution in [1.82, 2.24) is 4.31 Å². The smallest absolute Gasteiger partial charge is 0.338 e. The molecule has 1 heterocycles. The van der Waals surface area contributed by atoms with Gasteiger partial charge in [0.25, 0.3) is 0 Å². The van der Waals surface area contributed by atoms with Gasteiger partial charge in [-0.3, -0.25) is 9.59 Å². The molecule has 2 aromatic carbocycles. The summed E-state index contributed by atoms with van der Waals surface area (Å²) in [5.74, 6) is -1.50. The Kier molecular flexibility index (Phi) is 8.22. The first-order chi connectivity index (χ1) is 16.1. The molecule has 1 N–H and O–H groups in total. The lowest BCUT2D eigenvalue weighted by molar-refractivity contribution is -0.118. The Bertz CT molecular complexity index is 1150. The van der Waals surface area contributed by atoms with E-state index in [1.54, 1.807) is 38.1 Å². The van der Waals surface area contributed by atoms with Gasteiger partial charge in [-0.2, -0.15) is 4.31 Å². The number of ketones is 1. The number of esters is 1. The lowest BCUT2D eigenvalue weighted by atomic mass is 10.1. The van der Waals surface area contributed by atoms with E-state index in [1.807, 2.05) is 0 Å². The molecular weight excluding hydrogens is 456 g/mol. The van der Waals surface area contributed by atoms with E-state index in [0.717, 1.165) is 19.3 Å². The van der Waals surface area contributed by atoms with Gasteiger partial charge < -0.3 is 10.1 Å². The summed E-state index contributed by atoms with van der Waals surface area (Å²) < 4.78 is 32.6. The normalized spacial score (nSPS) is 15.5. The summed E-state index contributed by atoms with van der Waals surface area (Å²) in [5, 5.41) is 2.74. The number of amides is 1. The van der Waals surface area contributed by atoms with Crippen molar-refractivity contribution in [1.29, 1.82) is 0 Å².